The lowest BCUT2D eigenvalue weighted by Crippen LogP contribution is -2.54. The van der Waals surface area contributed by atoms with Gasteiger partial charge in [-0.05, 0) is 25.5 Å². The summed E-state index contributed by atoms with van der Waals surface area (Å²) in [4.78, 5) is 12.3. The van der Waals surface area contributed by atoms with Crippen molar-refractivity contribution in [2.45, 2.75) is 25.0 Å². The van der Waals surface area contributed by atoms with Crippen molar-refractivity contribution in [1.82, 2.24) is 5.32 Å². The smallest absolute Gasteiger partial charge is 0.263 e. The van der Waals surface area contributed by atoms with Gasteiger partial charge in [0.25, 0.3) is 5.91 Å². The van der Waals surface area contributed by atoms with E-state index in [4.69, 9.17) is 4.74 Å². The highest BCUT2D eigenvalue weighted by Gasteiger charge is 2.41. The average Bonchev–Trinajstić information content (AvgIpc) is 2.71. The fourth-order valence-electron chi connectivity index (χ4n) is 2.75. The standard InChI is InChI=1S/C14H18N2O4S/c1-14(6-7-21(18,19)9-14)16-13(17)12-8-15-10-4-2-3-5-11(10)20-12/h2-5,12,15H,6-9H2,1H3,(H,16,17). The molecule has 1 fully saturated rings. The van der Waals surface area contributed by atoms with Crippen LogP contribution in [-0.4, -0.2) is 44.0 Å². The Bertz CT molecular complexity index is 673. The number of hydrogen-bond donors (Lipinski definition) is 2. The maximum atomic E-state index is 12.3. The first-order valence-electron chi connectivity index (χ1n) is 6.89. The van der Waals surface area contributed by atoms with Crippen LogP contribution in [0, 0.1) is 0 Å². The molecule has 6 nitrogen and oxygen atoms in total. The summed E-state index contributed by atoms with van der Waals surface area (Å²) in [6.45, 7) is 2.13. The lowest BCUT2D eigenvalue weighted by Gasteiger charge is -2.30. The topological polar surface area (TPSA) is 84.5 Å². The van der Waals surface area contributed by atoms with Gasteiger partial charge in [0.1, 0.15) is 5.75 Å². The first-order chi connectivity index (χ1) is 9.87. The quantitative estimate of drug-likeness (QED) is 0.833. The molecule has 7 heteroatoms. The molecule has 1 saturated heterocycles. The highest BCUT2D eigenvalue weighted by molar-refractivity contribution is 7.91. The second-order valence-corrected chi connectivity index (χ2v) is 8.06. The number of fused-ring (bicyclic) bond motifs is 1. The van der Waals surface area contributed by atoms with Crippen LogP contribution in [0.25, 0.3) is 0 Å². The van der Waals surface area contributed by atoms with Crippen LogP contribution in [0.5, 0.6) is 5.75 Å². The number of anilines is 1. The molecule has 114 valence electrons. The summed E-state index contributed by atoms with van der Waals surface area (Å²) in [5.41, 5.74) is 0.159. The van der Waals surface area contributed by atoms with Gasteiger partial charge in [-0.15, -0.1) is 0 Å². The van der Waals surface area contributed by atoms with Crippen molar-refractivity contribution in [3.05, 3.63) is 24.3 Å². The van der Waals surface area contributed by atoms with Crippen molar-refractivity contribution in [3.63, 3.8) is 0 Å². The molecule has 0 aromatic heterocycles. The highest BCUT2D eigenvalue weighted by Crippen LogP contribution is 2.29. The van der Waals surface area contributed by atoms with Gasteiger partial charge in [0.05, 0.1) is 29.3 Å². The van der Waals surface area contributed by atoms with Crippen molar-refractivity contribution in [2.24, 2.45) is 0 Å². The molecule has 2 atom stereocenters. The Morgan fingerprint density at radius 1 is 1.43 bits per heavy atom. The molecule has 2 unspecified atom stereocenters. The second kappa shape index (κ2) is 4.91. The Hall–Kier alpha value is -1.76. The lowest BCUT2D eigenvalue weighted by molar-refractivity contribution is -0.129. The summed E-state index contributed by atoms with van der Waals surface area (Å²) in [7, 11) is -3.05. The van der Waals surface area contributed by atoms with Crippen LogP contribution in [0.2, 0.25) is 0 Å². The minimum Gasteiger partial charge on any atom is -0.477 e. The largest absolute Gasteiger partial charge is 0.477 e. The third-order valence-electron chi connectivity index (χ3n) is 3.85. The molecule has 0 bridgehead atoms. The van der Waals surface area contributed by atoms with Crippen molar-refractivity contribution < 1.29 is 17.9 Å². The van der Waals surface area contributed by atoms with E-state index in [9.17, 15) is 13.2 Å². The van der Waals surface area contributed by atoms with Crippen molar-refractivity contribution in [3.8, 4) is 5.75 Å². The molecule has 1 aromatic carbocycles. The Labute approximate surface area is 123 Å². The lowest BCUT2D eigenvalue weighted by atomic mass is 10.0. The SMILES string of the molecule is CC1(NC(=O)C2CNc3ccccc3O2)CCS(=O)(=O)C1. The van der Waals surface area contributed by atoms with Gasteiger partial charge in [0.2, 0.25) is 0 Å². The molecule has 0 radical (unpaired) electrons. The van der Waals surface area contributed by atoms with Gasteiger partial charge in [-0.25, -0.2) is 8.42 Å². The number of carbonyl (C=O) groups excluding carboxylic acids is 1. The van der Waals surface area contributed by atoms with E-state index in [1.165, 1.54) is 0 Å². The van der Waals surface area contributed by atoms with Crippen LogP contribution in [-0.2, 0) is 14.6 Å². The Morgan fingerprint density at radius 3 is 2.90 bits per heavy atom. The maximum absolute atomic E-state index is 12.3. The van der Waals surface area contributed by atoms with Gasteiger partial charge in [0, 0.05) is 0 Å². The summed E-state index contributed by atoms with van der Waals surface area (Å²) in [5.74, 6) is 0.462. The van der Waals surface area contributed by atoms with Crippen molar-refractivity contribution in [2.75, 3.05) is 23.4 Å². The Balaban J connectivity index is 1.68. The normalized spacial score (nSPS) is 29.9. The fraction of sp³-hybridized carbons (Fsp3) is 0.500. The summed E-state index contributed by atoms with van der Waals surface area (Å²) in [5, 5.41) is 5.97. The van der Waals surface area contributed by atoms with Crippen LogP contribution < -0.4 is 15.4 Å². The molecule has 0 saturated carbocycles. The molecule has 1 amide bonds. The van der Waals surface area contributed by atoms with E-state index < -0.39 is 21.5 Å². The zero-order valence-corrected chi connectivity index (χ0v) is 12.6. The molecule has 0 aliphatic carbocycles. The molecule has 2 aliphatic rings. The van der Waals surface area contributed by atoms with E-state index in [0.29, 0.717) is 18.7 Å². The van der Waals surface area contributed by atoms with Crippen molar-refractivity contribution in [1.29, 1.82) is 0 Å². The van der Waals surface area contributed by atoms with Crippen LogP contribution in [0.3, 0.4) is 0 Å². The molecular formula is C14H18N2O4S. The minimum absolute atomic E-state index is 0.0114. The predicted octanol–water partition coefficient (Wildman–Crippen LogP) is 0.553. The van der Waals surface area contributed by atoms with Gasteiger partial charge in [-0.1, -0.05) is 12.1 Å². The maximum Gasteiger partial charge on any atom is 0.263 e. The van der Waals surface area contributed by atoms with E-state index >= 15 is 0 Å². The van der Waals surface area contributed by atoms with Gasteiger partial charge in [-0.3, -0.25) is 4.79 Å². The zero-order valence-electron chi connectivity index (χ0n) is 11.8. The van der Waals surface area contributed by atoms with Gasteiger partial charge >= 0.3 is 0 Å². The second-order valence-electron chi connectivity index (χ2n) is 5.88. The number of para-hydroxylation sites is 2. The van der Waals surface area contributed by atoms with Crippen LogP contribution in [0.1, 0.15) is 13.3 Å². The number of nitrogens with one attached hydrogen (secondary N) is 2. The Morgan fingerprint density at radius 2 is 2.19 bits per heavy atom. The van der Waals surface area contributed by atoms with E-state index in [1.54, 1.807) is 13.0 Å². The molecule has 2 N–H and O–H groups in total. The molecular weight excluding hydrogens is 292 g/mol. The monoisotopic (exact) mass is 310 g/mol. The first kappa shape index (κ1) is 14.2. The average molecular weight is 310 g/mol. The zero-order chi connectivity index (χ0) is 15.1. The van der Waals surface area contributed by atoms with Crippen LogP contribution >= 0.6 is 0 Å². The molecule has 2 aliphatic heterocycles. The first-order valence-corrected chi connectivity index (χ1v) is 8.71. The third kappa shape index (κ3) is 2.97. The molecule has 2 heterocycles. The number of rotatable bonds is 2. The summed E-state index contributed by atoms with van der Waals surface area (Å²) in [6.07, 6.45) is -0.210. The molecule has 0 spiro atoms. The predicted molar refractivity (Wildman–Crippen MR) is 79.2 cm³/mol. The summed E-state index contributed by atoms with van der Waals surface area (Å²) >= 11 is 0. The summed E-state index contributed by atoms with van der Waals surface area (Å²) in [6, 6.07) is 7.41. The molecule has 1 aromatic rings. The fourth-order valence-corrected chi connectivity index (χ4v) is 4.84. The molecule has 21 heavy (non-hydrogen) atoms. The number of benzene rings is 1. The van der Waals surface area contributed by atoms with E-state index in [1.807, 2.05) is 18.2 Å². The van der Waals surface area contributed by atoms with Gasteiger partial charge in [-0.2, -0.15) is 0 Å². The van der Waals surface area contributed by atoms with Crippen molar-refractivity contribution >= 4 is 21.4 Å². The summed E-state index contributed by atoms with van der Waals surface area (Å²) < 4.78 is 28.8. The van der Waals surface area contributed by atoms with Gasteiger partial charge in [0.15, 0.2) is 15.9 Å². The highest BCUT2D eigenvalue weighted by atomic mass is 32.2. The number of hydrogen-bond acceptors (Lipinski definition) is 5. The number of carbonyl (C=O) groups is 1. The number of amides is 1. The van der Waals surface area contributed by atoms with Gasteiger partial charge < -0.3 is 15.4 Å². The number of ether oxygens (including phenoxy) is 1. The Kier molecular flexibility index (Phi) is 3.32. The molecule has 3 rings (SSSR count). The van der Waals surface area contributed by atoms with Crippen LogP contribution in [0.4, 0.5) is 5.69 Å². The van der Waals surface area contributed by atoms with E-state index in [0.717, 1.165) is 5.69 Å². The minimum atomic E-state index is -3.05. The van der Waals surface area contributed by atoms with Crippen LogP contribution in [0.15, 0.2) is 24.3 Å². The number of sulfone groups is 1. The third-order valence-corrected chi connectivity index (χ3v) is 5.76. The van der Waals surface area contributed by atoms with E-state index in [2.05, 4.69) is 10.6 Å². The van der Waals surface area contributed by atoms with E-state index in [-0.39, 0.29) is 17.4 Å².